The van der Waals surface area contributed by atoms with Crippen LogP contribution in [0.1, 0.15) is 46.0 Å². The van der Waals surface area contributed by atoms with Gasteiger partial charge in [-0.05, 0) is 25.5 Å². The molecule has 7 heteroatoms. The summed E-state index contributed by atoms with van der Waals surface area (Å²) < 4.78 is 5.30. The minimum Gasteiger partial charge on any atom is -0.447 e. The maximum atomic E-state index is 12.5. The normalized spacial score (nSPS) is 11.3. The third-order valence-electron chi connectivity index (χ3n) is 4.30. The molecule has 0 aromatic heterocycles. The lowest BCUT2D eigenvalue weighted by atomic mass is 9.99. The van der Waals surface area contributed by atoms with Crippen molar-refractivity contribution in [3.05, 3.63) is 70.8 Å². The molecule has 0 saturated carbocycles. The second-order valence-electron chi connectivity index (χ2n) is 6.59. The van der Waals surface area contributed by atoms with E-state index in [9.17, 15) is 19.2 Å². The van der Waals surface area contributed by atoms with E-state index in [0.717, 1.165) is 11.1 Å². The first-order valence-corrected chi connectivity index (χ1v) is 9.19. The van der Waals surface area contributed by atoms with E-state index in [1.165, 1.54) is 7.05 Å². The maximum absolute atomic E-state index is 12.5. The summed E-state index contributed by atoms with van der Waals surface area (Å²) in [5.74, 6) is -1.65. The number of ketones is 1. The molecule has 0 saturated heterocycles. The van der Waals surface area contributed by atoms with E-state index in [2.05, 4.69) is 10.6 Å². The highest BCUT2D eigenvalue weighted by atomic mass is 16.5. The van der Waals surface area contributed by atoms with Crippen molar-refractivity contribution in [2.24, 2.45) is 0 Å². The molecule has 0 aliphatic carbocycles. The SMILES string of the molecule is CNC(=O)NC(=O)C(OC(=O)CCC(=O)c1cc(C)ccc1C)c1ccccc1. The quantitative estimate of drug-likeness (QED) is 0.553. The minimum atomic E-state index is -1.29. The van der Waals surface area contributed by atoms with Crippen molar-refractivity contribution >= 4 is 23.7 Å². The molecule has 1 atom stereocenters. The Morgan fingerprint density at radius 3 is 2.31 bits per heavy atom. The van der Waals surface area contributed by atoms with E-state index in [0.29, 0.717) is 11.1 Å². The lowest BCUT2D eigenvalue weighted by Gasteiger charge is -2.17. The molecule has 0 heterocycles. The predicted octanol–water partition coefficient (Wildman–Crippen LogP) is 3.01. The Morgan fingerprint density at radius 2 is 1.66 bits per heavy atom. The third kappa shape index (κ3) is 6.27. The largest absolute Gasteiger partial charge is 0.447 e. The van der Waals surface area contributed by atoms with Gasteiger partial charge in [-0.2, -0.15) is 0 Å². The number of hydrogen-bond acceptors (Lipinski definition) is 5. The number of ether oxygens (including phenoxy) is 1. The molecule has 0 aliphatic heterocycles. The van der Waals surface area contributed by atoms with Crippen LogP contribution in [0.4, 0.5) is 4.79 Å². The van der Waals surface area contributed by atoms with E-state index in [1.807, 2.05) is 26.0 Å². The van der Waals surface area contributed by atoms with Gasteiger partial charge in [0.15, 0.2) is 5.78 Å². The highest BCUT2D eigenvalue weighted by Crippen LogP contribution is 2.20. The van der Waals surface area contributed by atoms with Crippen molar-refractivity contribution in [3.63, 3.8) is 0 Å². The second-order valence-corrected chi connectivity index (χ2v) is 6.59. The van der Waals surface area contributed by atoms with Crippen LogP contribution in [-0.2, 0) is 14.3 Å². The number of imide groups is 1. The van der Waals surface area contributed by atoms with Crippen molar-refractivity contribution in [1.29, 1.82) is 0 Å². The number of benzene rings is 2. The molecule has 0 spiro atoms. The van der Waals surface area contributed by atoms with Gasteiger partial charge in [-0.1, -0.05) is 48.0 Å². The zero-order chi connectivity index (χ0) is 21.4. The van der Waals surface area contributed by atoms with Gasteiger partial charge in [0.25, 0.3) is 5.91 Å². The Labute approximate surface area is 169 Å². The molecule has 0 bridgehead atoms. The molecule has 2 rings (SSSR count). The van der Waals surface area contributed by atoms with Crippen LogP contribution < -0.4 is 10.6 Å². The monoisotopic (exact) mass is 396 g/mol. The lowest BCUT2D eigenvalue weighted by molar-refractivity contribution is -0.156. The number of amides is 3. The summed E-state index contributed by atoms with van der Waals surface area (Å²) in [4.78, 5) is 48.6. The minimum absolute atomic E-state index is 0.0400. The molecule has 0 fully saturated rings. The molecule has 3 amide bonds. The molecule has 2 N–H and O–H groups in total. The fourth-order valence-electron chi connectivity index (χ4n) is 2.72. The van der Waals surface area contributed by atoms with E-state index in [1.54, 1.807) is 36.4 Å². The Hall–Kier alpha value is -3.48. The number of Topliss-reactive ketones (excluding diaryl/α,β-unsaturated/α-hetero) is 1. The van der Waals surface area contributed by atoms with Crippen molar-refractivity contribution in [3.8, 4) is 0 Å². The predicted molar refractivity (Wildman–Crippen MR) is 107 cm³/mol. The first-order valence-electron chi connectivity index (χ1n) is 9.19. The highest BCUT2D eigenvalue weighted by molar-refractivity contribution is 6.00. The fraction of sp³-hybridized carbons (Fsp3) is 0.273. The molecule has 152 valence electrons. The van der Waals surface area contributed by atoms with Crippen LogP contribution >= 0.6 is 0 Å². The zero-order valence-electron chi connectivity index (χ0n) is 16.7. The molecule has 2 aromatic carbocycles. The first kappa shape index (κ1) is 21.8. The maximum Gasteiger partial charge on any atom is 0.321 e. The van der Waals surface area contributed by atoms with E-state index in [-0.39, 0.29) is 18.6 Å². The van der Waals surface area contributed by atoms with E-state index < -0.39 is 24.0 Å². The first-order chi connectivity index (χ1) is 13.8. The van der Waals surface area contributed by atoms with E-state index >= 15 is 0 Å². The van der Waals surface area contributed by atoms with Crippen LogP contribution in [0, 0.1) is 13.8 Å². The molecule has 7 nitrogen and oxygen atoms in total. The topological polar surface area (TPSA) is 102 Å². The Balaban J connectivity index is 2.05. The number of aryl methyl sites for hydroxylation is 2. The Morgan fingerprint density at radius 1 is 0.966 bits per heavy atom. The van der Waals surface area contributed by atoms with Crippen LogP contribution in [0.2, 0.25) is 0 Å². The third-order valence-corrected chi connectivity index (χ3v) is 4.30. The van der Waals surface area contributed by atoms with Gasteiger partial charge in [-0.25, -0.2) is 4.79 Å². The number of nitrogens with one attached hydrogen (secondary N) is 2. The second kappa shape index (κ2) is 10.2. The molecular formula is C22H24N2O5. The van der Waals surface area contributed by atoms with Crippen LogP contribution in [-0.4, -0.2) is 30.7 Å². The van der Waals surface area contributed by atoms with Gasteiger partial charge in [0.1, 0.15) is 0 Å². The van der Waals surface area contributed by atoms with Gasteiger partial charge in [0.05, 0.1) is 6.42 Å². The average Bonchev–Trinajstić information content (AvgIpc) is 2.72. The summed E-state index contributed by atoms with van der Waals surface area (Å²) in [5.41, 5.74) is 2.77. The van der Waals surface area contributed by atoms with E-state index in [4.69, 9.17) is 4.74 Å². The number of rotatable bonds is 7. The van der Waals surface area contributed by atoms with Gasteiger partial charge in [0, 0.05) is 24.6 Å². The smallest absolute Gasteiger partial charge is 0.321 e. The summed E-state index contributed by atoms with van der Waals surface area (Å²) in [5, 5.41) is 4.37. The lowest BCUT2D eigenvalue weighted by Crippen LogP contribution is -2.41. The number of urea groups is 1. The average molecular weight is 396 g/mol. The Kier molecular flexibility index (Phi) is 7.65. The summed E-state index contributed by atoms with van der Waals surface area (Å²) in [6, 6.07) is 13.2. The van der Waals surface area contributed by atoms with Gasteiger partial charge in [-0.3, -0.25) is 19.7 Å². The Bertz CT molecular complexity index is 909. The molecular weight excluding hydrogens is 372 g/mol. The van der Waals surface area contributed by atoms with Crippen molar-refractivity contribution in [2.45, 2.75) is 32.8 Å². The molecule has 29 heavy (non-hydrogen) atoms. The fourth-order valence-corrected chi connectivity index (χ4v) is 2.72. The van der Waals surface area contributed by atoms with Crippen LogP contribution in [0.5, 0.6) is 0 Å². The standard InChI is InChI=1S/C22H24N2O5/c1-14-9-10-15(2)17(13-14)18(25)11-12-19(26)29-20(16-7-5-4-6-8-16)21(27)24-22(28)23-3/h4-10,13,20H,11-12H2,1-3H3,(H2,23,24,27,28). The number of hydrogen-bond donors (Lipinski definition) is 2. The highest BCUT2D eigenvalue weighted by Gasteiger charge is 2.26. The summed E-state index contributed by atoms with van der Waals surface area (Å²) in [6.45, 7) is 3.72. The molecule has 0 aliphatic rings. The van der Waals surface area contributed by atoms with Gasteiger partial charge < -0.3 is 10.1 Å². The van der Waals surface area contributed by atoms with Crippen molar-refractivity contribution < 1.29 is 23.9 Å². The van der Waals surface area contributed by atoms with Crippen molar-refractivity contribution in [2.75, 3.05) is 7.05 Å². The number of carbonyl (C=O) groups is 4. The number of esters is 1. The van der Waals surface area contributed by atoms with Crippen LogP contribution in [0.15, 0.2) is 48.5 Å². The van der Waals surface area contributed by atoms with Gasteiger partial charge >= 0.3 is 12.0 Å². The molecule has 2 aromatic rings. The summed E-state index contributed by atoms with van der Waals surface area (Å²) >= 11 is 0. The van der Waals surface area contributed by atoms with Gasteiger partial charge in [0.2, 0.25) is 6.10 Å². The van der Waals surface area contributed by atoms with Gasteiger partial charge in [-0.15, -0.1) is 0 Å². The molecule has 1 unspecified atom stereocenters. The molecule has 0 radical (unpaired) electrons. The number of carbonyl (C=O) groups excluding carboxylic acids is 4. The van der Waals surface area contributed by atoms with Crippen molar-refractivity contribution in [1.82, 2.24) is 10.6 Å². The van der Waals surface area contributed by atoms with Crippen LogP contribution in [0.3, 0.4) is 0 Å². The van der Waals surface area contributed by atoms with Crippen LogP contribution in [0.25, 0.3) is 0 Å². The summed E-state index contributed by atoms with van der Waals surface area (Å²) in [6.07, 6.45) is -1.51. The summed E-state index contributed by atoms with van der Waals surface area (Å²) in [7, 11) is 1.37. The zero-order valence-corrected chi connectivity index (χ0v) is 16.7.